The van der Waals surface area contributed by atoms with Crippen LogP contribution in [-0.4, -0.2) is 54.1 Å². The molecular weight excluding hydrogens is 340 g/mol. The number of rotatable bonds is 7. The zero-order valence-corrected chi connectivity index (χ0v) is 17.1. The number of carbonyl (C=O) groups is 1. The first-order chi connectivity index (χ1) is 13.1. The largest absolute Gasteiger partial charge is 0.471 e. The van der Waals surface area contributed by atoms with E-state index in [9.17, 15) is 4.79 Å². The maximum absolute atomic E-state index is 12.9. The van der Waals surface area contributed by atoms with Gasteiger partial charge in [-0.3, -0.25) is 9.78 Å². The normalized spacial score (nSPS) is 25.4. The summed E-state index contributed by atoms with van der Waals surface area (Å²) in [5.74, 6) is 2.71. The van der Waals surface area contributed by atoms with Gasteiger partial charge in [-0.05, 0) is 31.6 Å². The predicted molar refractivity (Wildman–Crippen MR) is 107 cm³/mol. The van der Waals surface area contributed by atoms with Crippen molar-refractivity contribution in [2.75, 3.05) is 32.1 Å². The summed E-state index contributed by atoms with van der Waals surface area (Å²) in [4.78, 5) is 25.5. The Morgan fingerprint density at radius 3 is 2.70 bits per heavy atom. The van der Waals surface area contributed by atoms with E-state index in [1.54, 1.807) is 12.4 Å². The lowest BCUT2D eigenvalue weighted by Crippen LogP contribution is -2.37. The lowest BCUT2D eigenvalue weighted by atomic mass is 9.79. The van der Waals surface area contributed by atoms with Gasteiger partial charge >= 0.3 is 0 Å². The van der Waals surface area contributed by atoms with Crippen LogP contribution >= 0.6 is 0 Å². The van der Waals surface area contributed by atoms with Crippen LogP contribution in [0.5, 0.6) is 5.88 Å². The third kappa shape index (κ3) is 5.33. The molecule has 1 aromatic heterocycles. The van der Waals surface area contributed by atoms with Crippen LogP contribution in [0.1, 0.15) is 58.3 Å². The second-order valence-electron chi connectivity index (χ2n) is 8.28. The monoisotopic (exact) mass is 374 g/mol. The molecule has 150 valence electrons. The molecule has 6 nitrogen and oxygen atoms in total. The summed E-state index contributed by atoms with van der Waals surface area (Å²) in [5.41, 5.74) is 0. The number of anilines is 1. The molecule has 2 heterocycles. The first-order valence-electron chi connectivity index (χ1n) is 10.5. The maximum atomic E-state index is 12.9. The molecule has 6 heteroatoms. The van der Waals surface area contributed by atoms with Crippen LogP contribution in [-0.2, 0) is 4.79 Å². The Hall–Kier alpha value is -1.85. The third-order valence-electron chi connectivity index (χ3n) is 5.96. The number of likely N-dealkylation sites (tertiary alicyclic amines) is 1. The molecule has 0 radical (unpaired) electrons. The van der Waals surface area contributed by atoms with Gasteiger partial charge in [0.05, 0.1) is 18.9 Å². The van der Waals surface area contributed by atoms with E-state index in [2.05, 4.69) is 16.9 Å². The molecule has 0 bridgehead atoms. The highest BCUT2D eigenvalue weighted by Gasteiger charge is 2.34. The molecule has 1 atom stereocenters. The summed E-state index contributed by atoms with van der Waals surface area (Å²) < 4.78 is 6.00. The number of aromatic nitrogens is 2. The lowest BCUT2D eigenvalue weighted by Gasteiger charge is -2.30. The first-order valence-corrected chi connectivity index (χ1v) is 10.5. The summed E-state index contributed by atoms with van der Waals surface area (Å²) in [7, 11) is 3.86. The molecule has 0 N–H and O–H groups in total. The van der Waals surface area contributed by atoms with Crippen LogP contribution in [0, 0.1) is 11.8 Å². The highest BCUT2D eigenvalue weighted by atomic mass is 16.5. The third-order valence-corrected chi connectivity index (χ3v) is 5.96. The van der Waals surface area contributed by atoms with E-state index in [-0.39, 0.29) is 12.0 Å². The van der Waals surface area contributed by atoms with Crippen molar-refractivity contribution in [3.63, 3.8) is 0 Å². The molecule has 27 heavy (non-hydrogen) atoms. The van der Waals surface area contributed by atoms with Crippen molar-refractivity contribution in [2.24, 2.45) is 11.8 Å². The Morgan fingerprint density at radius 1 is 1.22 bits per heavy atom. The van der Waals surface area contributed by atoms with Crippen LogP contribution in [0.2, 0.25) is 0 Å². The van der Waals surface area contributed by atoms with Gasteiger partial charge < -0.3 is 14.5 Å². The molecule has 1 amide bonds. The molecule has 1 saturated carbocycles. The molecule has 1 aliphatic heterocycles. The number of amides is 1. The van der Waals surface area contributed by atoms with Crippen molar-refractivity contribution in [1.82, 2.24) is 14.9 Å². The van der Waals surface area contributed by atoms with Crippen LogP contribution in [0.4, 0.5) is 5.82 Å². The average molecular weight is 375 g/mol. The van der Waals surface area contributed by atoms with Gasteiger partial charge in [0.2, 0.25) is 11.8 Å². The van der Waals surface area contributed by atoms with Gasteiger partial charge in [-0.15, -0.1) is 0 Å². The van der Waals surface area contributed by atoms with E-state index in [1.807, 2.05) is 23.9 Å². The van der Waals surface area contributed by atoms with Gasteiger partial charge in [-0.1, -0.05) is 26.2 Å². The number of hydrogen-bond acceptors (Lipinski definition) is 5. The van der Waals surface area contributed by atoms with Gasteiger partial charge in [0, 0.05) is 33.0 Å². The van der Waals surface area contributed by atoms with Crippen LogP contribution in [0.25, 0.3) is 0 Å². The number of hydrogen-bond donors (Lipinski definition) is 0. The Labute approximate surface area is 163 Å². The molecule has 1 saturated heterocycles. The van der Waals surface area contributed by atoms with E-state index in [1.165, 1.54) is 32.1 Å². The molecule has 1 unspecified atom stereocenters. The van der Waals surface area contributed by atoms with Crippen molar-refractivity contribution in [3.05, 3.63) is 12.4 Å². The van der Waals surface area contributed by atoms with Gasteiger partial charge in [-0.2, -0.15) is 4.98 Å². The van der Waals surface area contributed by atoms with Gasteiger partial charge in [-0.25, -0.2) is 0 Å². The molecule has 2 fully saturated rings. The van der Waals surface area contributed by atoms with Crippen LogP contribution < -0.4 is 9.64 Å². The Bertz CT molecular complexity index is 614. The minimum atomic E-state index is 0.0153. The predicted octanol–water partition coefficient (Wildman–Crippen LogP) is 3.52. The van der Waals surface area contributed by atoms with Crippen molar-refractivity contribution in [3.8, 4) is 5.88 Å². The van der Waals surface area contributed by atoms with Gasteiger partial charge in [0.1, 0.15) is 6.10 Å². The second-order valence-corrected chi connectivity index (χ2v) is 8.28. The molecule has 1 aromatic rings. The SMILES string of the molecule is CCCCC1CCC(C(=O)N2CCC(Oc3cncc(N(C)C)n3)C2)CC1. The van der Waals surface area contributed by atoms with Crippen LogP contribution in [0.15, 0.2) is 12.4 Å². The fourth-order valence-corrected chi connectivity index (χ4v) is 4.25. The van der Waals surface area contributed by atoms with Crippen LogP contribution in [0.3, 0.4) is 0 Å². The van der Waals surface area contributed by atoms with E-state index < -0.39 is 0 Å². The molecule has 3 rings (SSSR count). The summed E-state index contributed by atoms with van der Waals surface area (Å²) in [5, 5.41) is 0. The zero-order valence-electron chi connectivity index (χ0n) is 17.1. The summed E-state index contributed by atoms with van der Waals surface area (Å²) in [6.07, 6.45) is 12.7. The van der Waals surface area contributed by atoms with Crippen molar-refractivity contribution >= 4 is 11.7 Å². The lowest BCUT2D eigenvalue weighted by molar-refractivity contribution is -0.136. The summed E-state index contributed by atoms with van der Waals surface area (Å²) >= 11 is 0. The van der Waals surface area contributed by atoms with E-state index >= 15 is 0 Å². The Morgan fingerprint density at radius 2 is 2.00 bits per heavy atom. The first kappa shape index (κ1) is 19.9. The number of unbranched alkanes of at least 4 members (excludes halogenated alkanes) is 1. The maximum Gasteiger partial charge on any atom is 0.234 e. The highest BCUT2D eigenvalue weighted by molar-refractivity contribution is 5.79. The fraction of sp³-hybridized carbons (Fsp3) is 0.762. The number of nitrogens with zero attached hydrogens (tertiary/aromatic N) is 4. The van der Waals surface area contributed by atoms with Gasteiger partial charge in [0.25, 0.3) is 0 Å². The molecule has 1 aliphatic carbocycles. The highest BCUT2D eigenvalue weighted by Crippen LogP contribution is 2.33. The zero-order chi connectivity index (χ0) is 19.2. The molecular formula is C21H34N4O2. The topological polar surface area (TPSA) is 58.6 Å². The Kier molecular flexibility index (Phi) is 6.91. The molecule has 0 spiro atoms. The van der Waals surface area contributed by atoms with E-state index in [0.717, 1.165) is 37.5 Å². The fourth-order valence-electron chi connectivity index (χ4n) is 4.25. The number of carbonyl (C=O) groups excluding carboxylic acids is 1. The van der Waals surface area contributed by atoms with Crippen molar-refractivity contribution < 1.29 is 9.53 Å². The minimum absolute atomic E-state index is 0.0153. The Balaban J connectivity index is 1.46. The minimum Gasteiger partial charge on any atom is -0.471 e. The van der Waals surface area contributed by atoms with E-state index in [4.69, 9.17) is 4.74 Å². The smallest absolute Gasteiger partial charge is 0.234 e. The number of ether oxygens (including phenoxy) is 1. The quantitative estimate of drug-likeness (QED) is 0.731. The van der Waals surface area contributed by atoms with Crippen molar-refractivity contribution in [1.29, 1.82) is 0 Å². The van der Waals surface area contributed by atoms with Gasteiger partial charge in [0.15, 0.2) is 5.82 Å². The molecule has 0 aromatic carbocycles. The summed E-state index contributed by atoms with van der Waals surface area (Å²) in [6.45, 7) is 3.71. The van der Waals surface area contributed by atoms with Crippen molar-refractivity contribution in [2.45, 2.75) is 64.4 Å². The molecule has 2 aliphatic rings. The second kappa shape index (κ2) is 9.38. The average Bonchev–Trinajstić information content (AvgIpc) is 3.15. The summed E-state index contributed by atoms with van der Waals surface area (Å²) in [6, 6.07) is 0. The standard InChI is InChI=1S/C21H34N4O2/c1-4-5-6-16-7-9-17(10-8-16)21(26)25-12-11-18(15-25)27-20-14-22-13-19(23-20)24(2)3/h13-14,16-18H,4-12,15H2,1-3H3. The van der Waals surface area contributed by atoms with E-state index in [0.29, 0.717) is 18.3 Å².